The van der Waals surface area contributed by atoms with Gasteiger partial charge >= 0.3 is 41.8 Å². The molecule has 59 heavy (non-hydrogen) atoms. The molecule has 3 fully saturated rings. The van der Waals surface area contributed by atoms with Gasteiger partial charge in [-0.1, -0.05) is 31.2 Å². The highest BCUT2D eigenvalue weighted by Gasteiger charge is 2.91. The molecular weight excluding hydrogens is 778 g/mol. The molecule has 2 aliphatic carbocycles. The van der Waals surface area contributed by atoms with Gasteiger partial charge in [-0.3, -0.25) is 24.0 Å². The smallest absolute Gasteiger partial charge is 0.357 e. The third-order valence-electron chi connectivity index (χ3n) is 11.8. The van der Waals surface area contributed by atoms with E-state index in [2.05, 4.69) is 4.98 Å². The average molecular weight is 826 g/mol. The van der Waals surface area contributed by atoms with Gasteiger partial charge in [-0.2, -0.15) is 0 Å². The largest absolute Gasteiger partial charge is 0.465 e. The maximum absolute atomic E-state index is 14.2. The van der Waals surface area contributed by atoms with Gasteiger partial charge in [-0.15, -0.1) is 0 Å². The summed E-state index contributed by atoms with van der Waals surface area (Å²) in [5.41, 5.74) is -9.97. The molecule has 12 unspecified atom stereocenters. The zero-order chi connectivity index (χ0) is 43.2. The van der Waals surface area contributed by atoms with Crippen LogP contribution < -0.4 is 0 Å². The van der Waals surface area contributed by atoms with E-state index in [1.807, 2.05) is 0 Å². The Morgan fingerprint density at radius 3 is 2.12 bits per heavy atom. The molecule has 18 nitrogen and oxygen atoms in total. The number of aryl methyl sites for hydroxylation is 1. The van der Waals surface area contributed by atoms with E-state index in [1.54, 1.807) is 18.2 Å². The Labute approximate surface area is 338 Å². The summed E-state index contributed by atoms with van der Waals surface area (Å²) in [5, 5.41) is 25.9. The maximum Gasteiger partial charge on any atom is 0.357 e. The number of cyclic esters (lactones) is 1. The molecule has 1 aromatic carbocycles. The molecule has 18 heteroatoms. The number of hydrogen-bond donors (Lipinski definition) is 2. The van der Waals surface area contributed by atoms with E-state index in [-0.39, 0.29) is 24.1 Å². The van der Waals surface area contributed by atoms with Gasteiger partial charge in [0.25, 0.3) is 0 Å². The van der Waals surface area contributed by atoms with E-state index in [0.29, 0.717) is 5.56 Å². The molecular formula is C41H47NO17. The van der Waals surface area contributed by atoms with E-state index >= 15 is 0 Å². The Morgan fingerprint density at radius 2 is 1.49 bits per heavy atom. The molecule has 2 N–H and O–H groups in total. The van der Waals surface area contributed by atoms with Crippen LogP contribution >= 0.6 is 0 Å². The second kappa shape index (κ2) is 16.0. The number of carbonyl (C=O) groups excluding carboxylic acids is 7. The van der Waals surface area contributed by atoms with Crippen molar-refractivity contribution in [3.63, 3.8) is 0 Å². The molecule has 0 amide bonds. The molecule has 1 saturated heterocycles. The lowest BCUT2D eigenvalue weighted by Gasteiger charge is -2.67. The standard InChI is InChI=1S/C41H47NO17/c1-20-15-16-25-14-11-17-42-28(25)37(50)53-18-38(6)27-30(54-22(3)44)34(56-24(5)46)40(19-52-21(2)43)33(58-36(49)26-12-9-8-10-13-26)29(47)32(57-35(20)48)39(7,51)41(40,59-38)31(27)55-23(4)45/h8-14,17,20,27,29-34,47,51H,15-16,18-19H2,1-7H3. The Balaban J connectivity index is 1.74. The molecule has 4 bridgehead atoms. The Kier molecular flexibility index (Phi) is 11.7. The van der Waals surface area contributed by atoms with Gasteiger partial charge in [-0.25, -0.2) is 14.6 Å². The van der Waals surface area contributed by atoms with E-state index in [1.165, 1.54) is 44.3 Å². The van der Waals surface area contributed by atoms with Crippen molar-refractivity contribution in [2.75, 3.05) is 13.2 Å². The van der Waals surface area contributed by atoms with Crippen molar-refractivity contribution in [2.45, 2.75) is 115 Å². The number of esters is 7. The van der Waals surface area contributed by atoms with Crippen LogP contribution in [0.5, 0.6) is 0 Å². The van der Waals surface area contributed by atoms with Gasteiger partial charge in [-0.05, 0) is 50.5 Å². The van der Waals surface area contributed by atoms with Crippen LogP contribution in [0.25, 0.3) is 0 Å². The van der Waals surface area contributed by atoms with Crippen molar-refractivity contribution in [1.82, 2.24) is 4.98 Å². The number of benzene rings is 1. The molecule has 2 aliphatic heterocycles. The van der Waals surface area contributed by atoms with Crippen LogP contribution in [0.1, 0.15) is 81.3 Å². The summed E-state index contributed by atoms with van der Waals surface area (Å²) in [6.45, 7) is 6.25. The highest BCUT2D eigenvalue weighted by molar-refractivity contribution is 5.90. The van der Waals surface area contributed by atoms with Gasteiger partial charge in [0.05, 0.1) is 17.4 Å². The quantitative estimate of drug-likeness (QED) is 0.297. The van der Waals surface area contributed by atoms with E-state index in [9.17, 15) is 43.8 Å². The zero-order valence-corrected chi connectivity index (χ0v) is 33.5. The van der Waals surface area contributed by atoms with Gasteiger partial charge in [0.1, 0.15) is 54.2 Å². The predicted molar refractivity (Wildman–Crippen MR) is 196 cm³/mol. The number of nitrogens with zero attached hydrogens (tertiary/aromatic N) is 1. The maximum atomic E-state index is 14.2. The van der Waals surface area contributed by atoms with Crippen molar-refractivity contribution >= 4 is 41.8 Å². The van der Waals surface area contributed by atoms with Crippen LogP contribution in [0.15, 0.2) is 48.7 Å². The van der Waals surface area contributed by atoms with E-state index < -0.39 is 126 Å². The zero-order valence-electron chi connectivity index (χ0n) is 33.5. The molecule has 0 radical (unpaired) electrons. The van der Waals surface area contributed by atoms with Gasteiger partial charge in [0.2, 0.25) is 0 Å². The molecule has 1 aromatic heterocycles. The Hall–Kier alpha value is -5.46. The number of aromatic nitrogens is 1. The lowest BCUT2D eigenvalue weighted by molar-refractivity contribution is -0.385. The van der Waals surface area contributed by atoms with E-state index in [4.69, 9.17) is 37.9 Å². The van der Waals surface area contributed by atoms with Crippen molar-refractivity contribution in [2.24, 2.45) is 17.3 Å². The number of rotatable bonds is 7. The number of fused-ring (bicyclic) bond motifs is 5. The van der Waals surface area contributed by atoms with Crippen LogP contribution in [0, 0.1) is 17.3 Å². The minimum Gasteiger partial charge on any atom is -0.465 e. The number of pyridine rings is 1. The first-order chi connectivity index (χ1) is 27.7. The Morgan fingerprint density at radius 1 is 0.847 bits per heavy atom. The molecule has 6 rings (SSSR count). The predicted octanol–water partition coefficient (Wildman–Crippen LogP) is 1.59. The first kappa shape index (κ1) is 43.1. The van der Waals surface area contributed by atoms with Crippen molar-refractivity contribution < 1.29 is 81.7 Å². The molecule has 2 saturated carbocycles. The summed E-state index contributed by atoms with van der Waals surface area (Å²) in [4.78, 5) is 98.9. The van der Waals surface area contributed by atoms with Crippen LogP contribution in [0.2, 0.25) is 0 Å². The topological polar surface area (TPSA) is 247 Å². The third kappa shape index (κ3) is 7.20. The third-order valence-corrected chi connectivity index (χ3v) is 11.8. The molecule has 3 heterocycles. The van der Waals surface area contributed by atoms with Crippen LogP contribution in [0.4, 0.5) is 0 Å². The summed E-state index contributed by atoms with van der Waals surface area (Å²) in [6, 6.07) is 10.6. The lowest BCUT2D eigenvalue weighted by atomic mass is 9.45. The van der Waals surface area contributed by atoms with Crippen molar-refractivity contribution in [3.05, 3.63) is 65.5 Å². The lowest BCUT2D eigenvalue weighted by Crippen LogP contribution is -2.89. The number of ether oxygens (including phenoxy) is 8. The van der Waals surface area contributed by atoms with Gasteiger partial charge < -0.3 is 48.1 Å². The second-order valence-electron chi connectivity index (χ2n) is 15.8. The molecule has 1 spiro atoms. The highest BCUT2D eigenvalue weighted by Crippen LogP contribution is 2.70. The fraction of sp³-hybridized carbons (Fsp3) is 0.561. The summed E-state index contributed by atoms with van der Waals surface area (Å²) in [6.07, 6.45) is -10.7. The summed E-state index contributed by atoms with van der Waals surface area (Å²) < 4.78 is 48.7. The number of hydrogen-bond acceptors (Lipinski definition) is 18. The Bertz CT molecular complexity index is 2020. The summed E-state index contributed by atoms with van der Waals surface area (Å²) >= 11 is 0. The first-order valence-electron chi connectivity index (χ1n) is 19.0. The highest BCUT2D eigenvalue weighted by atomic mass is 16.7. The van der Waals surface area contributed by atoms with Crippen molar-refractivity contribution in [3.8, 4) is 0 Å². The minimum absolute atomic E-state index is 0.0580. The fourth-order valence-corrected chi connectivity index (χ4v) is 9.46. The first-order valence-corrected chi connectivity index (χ1v) is 19.0. The minimum atomic E-state index is -2.80. The summed E-state index contributed by atoms with van der Waals surface area (Å²) in [7, 11) is 0. The molecule has 2 aromatic rings. The fourth-order valence-electron chi connectivity index (χ4n) is 9.46. The van der Waals surface area contributed by atoms with Crippen LogP contribution in [-0.4, -0.2) is 124 Å². The normalized spacial score (nSPS) is 36.3. The van der Waals surface area contributed by atoms with Crippen LogP contribution in [0.3, 0.4) is 0 Å². The second-order valence-corrected chi connectivity index (χ2v) is 15.8. The number of aliphatic hydroxyl groups is 2. The van der Waals surface area contributed by atoms with Gasteiger partial charge in [0.15, 0.2) is 23.5 Å². The molecule has 318 valence electrons. The van der Waals surface area contributed by atoms with E-state index in [0.717, 1.165) is 34.6 Å². The summed E-state index contributed by atoms with van der Waals surface area (Å²) in [5.74, 6) is -9.48. The molecule has 12 atom stereocenters. The van der Waals surface area contributed by atoms with Gasteiger partial charge in [0, 0.05) is 33.9 Å². The molecule has 4 aliphatic rings. The van der Waals surface area contributed by atoms with Crippen molar-refractivity contribution in [1.29, 1.82) is 0 Å². The SMILES string of the molecule is CC(=O)OCC12C(OC(=O)c3ccccc3)C(O)C3OC(=O)C(C)CCc4cccnc4C(=O)OCC4(C)OC1(C(OC(C)=O)C4C(OC(C)=O)C2OC(C)=O)C3(C)O. The number of carbonyl (C=O) groups is 7. The monoisotopic (exact) mass is 825 g/mol. The number of aliphatic hydroxyl groups excluding tert-OH is 1. The van der Waals surface area contributed by atoms with Crippen LogP contribution in [-0.2, 0) is 68.3 Å². The average Bonchev–Trinajstić information content (AvgIpc) is 3.39.